The molecule has 2 atom stereocenters. The zero-order chi connectivity index (χ0) is 33.6. The summed E-state index contributed by atoms with van der Waals surface area (Å²) in [6.45, 7) is 9.86. The molecular formula is C35H41N3O6S2. The zero-order valence-electron chi connectivity index (χ0n) is 27.1. The minimum Gasteiger partial charge on any atom is -0.467 e. The van der Waals surface area contributed by atoms with E-state index in [2.05, 4.69) is 65.4 Å². The summed E-state index contributed by atoms with van der Waals surface area (Å²) in [4.78, 5) is 62.4. The highest BCUT2D eigenvalue weighted by molar-refractivity contribution is 8.15. The van der Waals surface area contributed by atoms with Gasteiger partial charge in [0.15, 0.2) is 5.12 Å². The van der Waals surface area contributed by atoms with Crippen molar-refractivity contribution in [3.63, 3.8) is 0 Å². The van der Waals surface area contributed by atoms with Crippen LogP contribution < -0.4 is 10.6 Å². The molecule has 2 N–H and O–H groups in total. The van der Waals surface area contributed by atoms with Gasteiger partial charge in [-0.3, -0.25) is 19.2 Å². The Labute approximate surface area is 278 Å². The van der Waals surface area contributed by atoms with Crippen molar-refractivity contribution in [1.29, 1.82) is 0 Å². The highest BCUT2D eigenvalue weighted by Gasteiger charge is 2.36. The molecule has 0 spiro atoms. The molecule has 1 aromatic heterocycles. The maximum Gasteiger partial charge on any atom is 0.329 e. The highest BCUT2D eigenvalue weighted by Crippen LogP contribution is 2.47. The highest BCUT2D eigenvalue weighted by atomic mass is 32.2. The quantitative estimate of drug-likeness (QED) is 0.261. The van der Waals surface area contributed by atoms with Crippen molar-refractivity contribution in [2.75, 3.05) is 18.6 Å². The van der Waals surface area contributed by atoms with Crippen molar-refractivity contribution >= 4 is 51.5 Å². The first kappa shape index (κ1) is 35.0. The number of carbonyl (C=O) groups is 5. The number of esters is 1. The van der Waals surface area contributed by atoms with E-state index in [1.807, 2.05) is 25.1 Å². The molecule has 1 aliphatic rings. The fraction of sp³-hybridized carbons (Fsp3) is 0.400. The van der Waals surface area contributed by atoms with E-state index in [0.717, 1.165) is 70.0 Å². The second-order valence-corrected chi connectivity index (χ2v) is 14.4. The molecule has 9 nitrogen and oxygen atoms in total. The van der Waals surface area contributed by atoms with E-state index in [1.165, 1.54) is 26.7 Å². The van der Waals surface area contributed by atoms with Crippen LogP contribution in [-0.4, -0.2) is 63.3 Å². The maximum atomic E-state index is 13.7. The lowest BCUT2D eigenvalue weighted by molar-refractivity contribution is -0.144. The van der Waals surface area contributed by atoms with Crippen molar-refractivity contribution in [3.8, 4) is 22.3 Å². The molecule has 0 saturated heterocycles. The number of amides is 2. The van der Waals surface area contributed by atoms with Crippen molar-refractivity contribution < 1.29 is 28.7 Å². The topological polar surface area (TPSA) is 124 Å². The molecule has 0 saturated carbocycles. The average Bonchev–Trinajstić information content (AvgIpc) is 3.47. The Kier molecular flexibility index (Phi) is 11.6. The van der Waals surface area contributed by atoms with Crippen LogP contribution in [0.4, 0.5) is 0 Å². The molecule has 4 rings (SSSR count). The predicted octanol–water partition coefficient (Wildman–Crippen LogP) is 4.96. The number of nitrogens with zero attached hydrogens (tertiary/aromatic N) is 1. The largest absolute Gasteiger partial charge is 0.467 e. The van der Waals surface area contributed by atoms with E-state index < -0.39 is 35.0 Å². The van der Waals surface area contributed by atoms with E-state index in [-0.39, 0.29) is 28.5 Å². The molecule has 2 amide bonds. The summed E-state index contributed by atoms with van der Waals surface area (Å²) in [7, 11) is 1.19. The first-order chi connectivity index (χ1) is 21.8. The number of aromatic nitrogens is 1. The molecule has 1 aliphatic heterocycles. The standard InChI is InChI=1S/C35H41N3O6S2/c1-21-12-14-25(15-13-21)31-28(38-20-35(4,5)17-29(38)32(31)24-10-8-7-9-11-24)16-30(41)45-19-27(37-23(3)40)34(43)46-18-26(33(42)44-6)36-22(2)39/h7-15,26-27H,16-20H2,1-6H3,(H,36,39)(H,37,40). The number of carbonyl (C=O) groups excluding carboxylic acids is 5. The molecule has 0 bridgehead atoms. The van der Waals surface area contributed by atoms with Crippen LogP contribution in [-0.2, 0) is 48.1 Å². The van der Waals surface area contributed by atoms with Crippen LogP contribution in [0.1, 0.15) is 44.6 Å². The van der Waals surface area contributed by atoms with Crippen molar-refractivity contribution in [3.05, 3.63) is 71.5 Å². The molecule has 3 aromatic rings. The molecule has 46 heavy (non-hydrogen) atoms. The Hall–Kier alpha value is -3.83. The van der Waals surface area contributed by atoms with E-state index in [9.17, 15) is 24.0 Å². The molecule has 0 fully saturated rings. The third kappa shape index (κ3) is 8.70. The summed E-state index contributed by atoms with van der Waals surface area (Å²) in [6.07, 6.45) is 1.02. The number of fused-ring (bicyclic) bond motifs is 1. The minimum atomic E-state index is -1.02. The third-order valence-electron chi connectivity index (χ3n) is 7.75. The van der Waals surface area contributed by atoms with Gasteiger partial charge in [0.05, 0.1) is 13.5 Å². The molecule has 0 aliphatic carbocycles. The molecule has 2 aromatic carbocycles. The number of hydrogen-bond donors (Lipinski definition) is 2. The molecular weight excluding hydrogens is 623 g/mol. The number of nitrogens with one attached hydrogen (secondary N) is 2. The first-order valence-corrected chi connectivity index (χ1v) is 17.1. The van der Waals surface area contributed by atoms with Crippen molar-refractivity contribution in [2.24, 2.45) is 5.41 Å². The summed E-state index contributed by atoms with van der Waals surface area (Å²) in [5, 5.41) is 4.55. The first-order valence-electron chi connectivity index (χ1n) is 15.1. The summed E-state index contributed by atoms with van der Waals surface area (Å²) in [5.41, 5.74) is 7.65. The molecule has 2 heterocycles. The van der Waals surface area contributed by atoms with Crippen LogP contribution in [0.5, 0.6) is 0 Å². The molecule has 0 radical (unpaired) electrons. The number of methoxy groups -OCH3 is 1. The van der Waals surface area contributed by atoms with E-state index >= 15 is 0 Å². The minimum absolute atomic E-state index is 0.0229. The molecule has 11 heteroatoms. The van der Waals surface area contributed by atoms with E-state index in [4.69, 9.17) is 4.74 Å². The fourth-order valence-corrected chi connectivity index (χ4v) is 7.59. The lowest BCUT2D eigenvalue weighted by atomic mass is 9.86. The van der Waals surface area contributed by atoms with Crippen molar-refractivity contribution in [2.45, 2.75) is 66.1 Å². The maximum absolute atomic E-state index is 13.7. The number of hydrogen-bond acceptors (Lipinski definition) is 8. The predicted molar refractivity (Wildman–Crippen MR) is 183 cm³/mol. The van der Waals surface area contributed by atoms with Gasteiger partial charge in [-0.1, -0.05) is 97.5 Å². The Morgan fingerprint density at radius 2 is 1.43 bits per heavy atom. The van der Waals surface area contributed by atoms with Gasteiger partial charge in [0.2, 0.25) is 16.9 Å². The van der Waals surface area contributed by atoms with Crippen LogP contribution >= 0.6 is 23.5 Å². The number of benzene rings is 2. The lowest BCUT2D eigenvalue weighted by Gasteiger charge is -2.20. The SMILES string of the molecule is COC(=O)C(CSC(=O)C(CSC(=O)Cc1c(-c2ccc(C)cc2)c(-c2ccccc2)c2n1CC(C)(C)C2)NC(C)=O)NC(C)=O. The Morgan fingerprint density at radius 3 is 2.04 bits per heavy atom. The zero-order valence-corrected chi connectivity index (χ0v) is 28.7. The van der Waals surface area contributed by atoms with Gasteiger partial charge in [0, 0.05) is 54.4 Å². The van der Waals surface area contributed by atoms with Gasteiger partial charge >= 0.3 is 5.97 Å². The average molecular weight is 664 g/mol. The second kappa shape index (κ2) is 15.2. The van der Waals surface area contributed by atoms with Crippen molar-refractivity contribution in [1.82, 2.24) is 15.2 Å². The fourth-order valence-electron chi connectivity index (χ4n) is 5.76. The number of ether oxygens (including phenoxy) is 1. The van der Waals surface area contributed by atoms with Crippen LogP contribution in [0, 0.1) is 12.3 Å². The van der Waals surface area contributed by atoms with Crippen LogP contribution in [0.25, 0.3) is 22.3 Å². The van der Waals surface area contributed by atoms with Crippen LogP contribution in [0.3, 0.4) is 0 Å². The Balaban J connectivity index is 1.60. The number of rotatable bonds is 12. The second-order valence-electron chi connectivity index (χ2n) is 12.3. The normalized spacial score (nSPS) is 14.6. The summed E-state index contributed by atoms with van der Waals surface area (Å²) >= 11 is 1.80. The summed E-state index contributed by atoms with van der Waals surface area (Å²) < 4.78 is 7.03. The Morgan fingerprint density at radius 1 is 0.848 bits per heavy atom. The lowest BCUT2D eigenvalue weighted by Crippen LogP contribution is -2.44. The van der Waals surface area contributed by atoms with Gasteiger partial charge in [-0.2, -0.15) is 0 Å². The van der Waals surface area contributed by atoms with Gasteiger partial charge < -0.3 is 19.9 Å². The van der Waals surface area contributed by atoms with Gasteiger partial charge in [-0.15, -0.1) is 0 Å². The number of aryl methyl sites for hydroxylation is 1. The monoisotopic (exact) mass is 663 g/mol. The van der Waals surface area contributed by atoms with Gasteiger partial charge in [0.25, 0.3) is 0 Å². The van der Waals surface area contributed by atoms with Gasteiger partial charge in [-0.25, -0.2) is 4.79 Å². The number of thioether (sulfide) groups is 2. The van der Waals surface area contributed by atoms with E-state index in [1.54, 1.807) is 0 Å². The van der Waals surface area contributed by atoms with Gasteiger partial charge in [-0.05, 0) is 29.9 Å². The molecule has 2 unspecified atom stereocenters. The van der Waals surface area contributed by atoms with Crippen LogP contribution in [0.15, 0.2) is 54.6 Å². The summed E-state index contributed by atoms with van der Waals surface area (Å²) in [6, 6.07) is 16.6. The smallest absolute Gasteiger partial charge is 0.329 e. The Bertz CT molecular complexity index is 1620. The third-order valence-corrected chi connectivity index (χ3v) is 9.79. The van der Waals surface area contributed by atoms with E-state index in [0.29, 0.717) is 0 Å². The molecule has 244 valence electrons. The van der Waals surface area contributed by atoms with Crippen LogP contribution in [0.2, 0.25) is 0 Å². The van der Waals surface area contributed by atoms with Gasteiger partial charge in [0.1, 0.15) is 12.1 Å². The summed E-state index contributed by atoms with van der Waals surface area (Å²) in [5.74, 6) is -1.59.